The Hall–Kier alpha value is -1.93. The summed E-state index contributed by atoms with van der Waals surface area (Å²) in [5.74, 6) is -1.68. The average Bonchev–Trinajstić information content (AvgIpc) is 2.54. The first-order valence-corrected chi connectivity index (χ1v) is 8.30. The molecule has 1 aliphatic heterocycles. The van der Waals surface area contributed by atoms with Gasteiger partial charge in [0.2, 0.25) is 11.8 Å². The van der Waals surface area contributed by atoms with E-state index >= 15 is 0 Å². The highest BCUT2D eigenvalue weighted by Gasteiger charge is 2.33. The van der Waals surface area contributed by atoms with Crippen molar-refractivity contribution in [3.8, 4) is 0 Å². The average molecular weight is 399 g/mol. The number of carbonyl (C=O) groups excluding carboxylic acids is 2. The SMILES string of the molecule is CC(=O)NC(CC(=O)N1CCOCC1C(=O)O)c1ccc(Br)cc1. The fourth-order valence-electron chi connectivity index (χ4n) is 2.59. The van der Waals surface area contributed by atoms with E-state index in [0.717, 1.165) is 10.0 Å². The van der Waals surface area contributed by atoms with E-state index in [1.165, 1.54) is 11.8 Å². The second-order valence-corrected chi connectivity index (χ2v) is 6.44. The predicted octanol–water partition coefficient (Wildman–Crippen LogP) is 1.33. The van der Waals surface area contributed by atoms with E-state index in [1.807, 2.05) is 24.3 Å². The van der Waals surface area contributed by atoms with Gasteiger partial charge in [0.25, 0.3) is 0 Å². The van der Waals surface area contributed by atoms with E-state index in [-0.39, 0.29) is 31.4 Å². The number of rotatable bonds is 5. The number of hydrogen-bond acceptors (Lipinski definition) is 4. The summed E-state index contributed by atoms with van der Waals surface area (Å²) in [6.45, 7) is 1.89. The van der Waals surface area contributed by atoms with Crippen molar-refractivity contribution in [2.75, 3.05) is 19.8 Å². The van der Waals surface area contributed by atoms with Crippen LogP contribution in [0.2, 0.25) is 0 Å². The summed E-state index contributed by atoms with van der Waals surface area (Å²) >= 11 is 3.34. The normalized spacial score (nSPS) is 18.8. The van der Waals surface area contributed by atoms with Crippen molar-refractivity contribution in [2.45, 2.75) is 25.4 Å². The number of benzene rings is 1. The fraction of sp³-hybridized carbons (Fsp3) is 0.438. The Morgan fingerprint density at radius 3 is 2.62 bits per heavy atom. The molecule has 24 heavy (non-hydrogen) atoms. The van der Waals surface area contributed by atoms with Crippen LogP contribution < -0.4 is 5.32 Å². The summed E-state index contributed by atoms with van der Waals surface area (Å²) in [6, 6.07) is 5.76. The Bertz CT molecular complexity index is 619. The third-order valence-electron chi connectivity index (χ3n) is 3.76. The number of morpholine rings is 1. The lowest BCUT2D eigenvalue weighted by Gasteiger charge is -2.34. The van der Waals surface area contributed by atoms with Crippen LogP contribution in [0.3, 0.4) is 0 Å². The topological polar surface area (TPSA) is 95.9 Å². The van der Waals surface area contributed by atoms with E-state index in [9.17, 15) is 19.5 Å². The highest BCUT2D eigenvalue weighted by Crippen LogP contribution is 2.22. The van der Waals surface area contributed by atoms with Crippen LogP contribution in [-0.2, 0) is 19.1 Å². The molecule has 2 N–H and O–H groups in total. The summed E-state index contributed by atoms with van der Waals surface area (Å²) in [5.41, 5.74) is 0.780. The zero-order valence-corrected chi connectivity index (χ0v) is 14.8. The van der Waals surface area contributed by atoms with Gasteiger partial charge in [-0.1, -0.05) is 28.1 Å². The molecule has 130 valence electrons. The van der Waals surface area contributed by atoms with E-state index in [4.69, 9.17) is 4.74 Å². The Kier molecular flexibility index (Phi) is 6.33. The number of aliphatic carboxylic acids is 1. The molecule has 1 aromatic rings. The lowest BCUT2D eigenvalue weighted by atomic mass is 10.0. The fourth-order valence-corrected chi connectivity index (χ4v) is 2.86. The summed E-state index contributed by atoms with van der Waals surface area (Å²) in [4.78, 5) is 36.7. The van der Waals surface area contributed by atoms with Crippen molar-refractivity contribution in [3.63, 3.8) is 0 Å². The van der Waals surface area contributed by atoms with Gasteiger partial charge in [0, 0.05) is 17.9 Å². The van der Waals surface area contributed by atoms with Crippen LogP contribution >= 0.6 is 15.9 Å². The maximum absolute atomic E-state index is 12.6. The minimum Gasteiger partial charge on any atom is -0.480 e. The first kappa shape index (κ1) is 18.4. The largest absolute Gasteiger partial charge is 0.480 e. The number of hydrogen-bond donors (Lipinski definition) is 2. The maximum Gasteiger partial charge on any atom is 0.328 e. The van der Waals surface area contributed by atoms with E-state index in [0.29, 0.717) is 6.61 Å². The molecule has 8 heteroatoms. The molecule has 2 amide bonds. The van der Waals surface area contributed by atoms with Crippen molar-refractivity contribution >= 4 is 33.7 Å². The summed E-state index contributed by atoms with van der Waals surface area (Å²) in [6.07, 6.45) is -0.00894. The number of ether oxygens (including phenoxy) is 1. The van der Waals surface area contributed by atoms with Gasteiger partial charge in [-0.2, -0.15) is 0 Å². The van der Waals surface area contributed by atoms with Crippen LogP contribution in [0.1, 0.15) is 24.9 Å². The number of carboxylic acid groups (broad SMARTS) is 1. The van der Waals surface area contributed by atoms with Crippen molar-refractivity contribution in [1.29, 1.82) is 0 Å². The van der Waals surface area contributed by atoms with Crippen LogP contribution in [-0.4, -0.2) is 53.6 Å². The van der Waals surface area contributed by atoms with Crippen LogP contribution in [0.4, 0.5) is 0 Å². The Labute approximate surface area is 148 Å². The molecule has 1 aliphatic rings. The number of carbonyl (C=O) groups is 3. The summed E-state index contributed by atoms with van der Waals surface area (Å²) in [5, 5.41) is 12.0. The van der Waals surface area contributed by atoms with Gasteiger partial charge in [-0.05, 0) is 17.7 Å². The van der Waals surface area contributed by atoms with Crippen LogP contribution in [0.15, 0.2) is 28.7 Å². The first-order valence-electron chi connectivity index (χ1n) is 7.51. The molecule has 2 rings (SSSR count). The first-order chi connectivity index (χ1) is 11.4. The second-order valence-electron chi connectivity index (χ2n) is 5.52. The molecule has 2 unspecified atom stereocenters. The highest BCUT2D eigenvalue weighted by molar-refractivity contribution is 9.10. The number of halogens is 1. The summed E-state index contributed by atoms with van der Waals surface area (Å²) < 4.78 is 6.03. The zero-order valence-electron chi connectivity index (χ0n) is 13.2. The monoisotopic (exact) mass is 398 g/mol. The zero-order chi connectivity index (χ0) is 17.7. The molecule has 1 aromatic carbocycles. The van der Waals surface area contributed by atoms with Crippen molar-refractivity contribution < 1.29 is 24.2 Å². The molecule has 2 atom stereocenters. The van der Waals surface area contributed by atoms with E-state index in [2.05, 4.69) is 21.2 Å². The number of nitrogens with zero attached hydrogens (tertiary/aromatic N) is 1. The minimum atomic E-state index is -1.09. The van der Waals surface area contributed by atoms with Crippen LogP contribution in [0.25, 0.3) is 0 Å². The quantitative estimate of drug-likeness (QED) is 0.779. The molecule has 0 aromatic heterocycles. The molecule has 0 aliphatic carbocycles. The van der Waals surface area contributed by atoms with Gasteiger partial charge < -0.3 is 20.1 Å². The van der Waals surface area contributed by atoms with Crippen molar-refractivity contribution in [1.82, 2.24) is 10.2 Å². The number of nitrogens with one attached hydrogen (secondary N) is 1. The lowest BCUT2D eigenvalue weighted by molar-refractivity contribution is -0.158. The minimum absolute atomic E-state index is 0.00894. The Morgan fingerprint density at radius 2 is 2.04 bits per heavy atom. The van der Waals surface area contributed by atoms with Crippen molar-refractivity contribution in [3.05, 3.63) is 34.3 Å². The Morgan fingerprint density at radius 1 is 1.38 bits per heavy atom. The van der Waals surface area contributed by atoms with Gasteiger partial charge in [0.15, 0.2) is 6.04 Å². The maximum atomic E-state index is 12.6. The predicted molar refractivity (Wildman–Crippen MR) is 89.3 cm³/mol. The summed E-state index contributed by atoms with van der Waals surface area (Å²) in [7, 11) is 0. The van der Waals surface area contributed by atoms with E-state index < -0.39 is 18.1 Å². The smallest absolute Gasteiger partial charge is 0.328 e. The van der Waals surface area contributed by atoms with Gasteiger partial charge in [0.1, 0.15) is 0 Å². The molecular weight excluding hydrogens is 380 g/mol. The Balaban J connectivity index is 2.15. The molecule has 0 saturated carbocycles. The van der Waals surface area contributed by atoms with Gasteiger partial charge in [-0.25, -0.2) is 4.79 Å². The van der Waals surface area contributed by atoms with Gasteiger partial charge in [-0.3, -0.25) is 9.59 Å². The lowest BCUT2D eigenvalue weighted by Crippen LogP contribution is -2.53. The number of amides is 2. The van der Waals surface area contributed by atoms with Gasteiger partial charge in [-0.15, -0.1) is 0 Å². The highest BCUT2D eigenvalue weighted by atomic mass is 79.9. The third kappa shape index (κ3) is 4.78. The molecule has 1 fully saturated rings. The van der Waals surface area contributed by atoms with Crippen LogP contribution in [0, 0.1) is 0 Å². The second kappa shape index (κ2) is 8.25. The van der Waals surface area contributed by atoms with Gasteiger partial charge in [0.05, 0.1) is 25.7 Å². The molecule has 1 saturated heterocycles. The molecule has 0 spiro atoms. The number of carboxylic acids is 1. The molecule has 0 bridgehead atoms. The molecule has 7 nitrogen and oxygen atoms in total. The van der Waals surface area contributed by atoms with E-state index in [1.54, 1.807) is 0 Å². The van der Waals surface area contributed by atoms with Gasteiger partial charge >= 0.3 is 5.97 Å². The standard InChI is InChI=1S/C16H19BrN2O5/c1-10(20)18-13(11-2-4-12(17)5-3-11)8-15(21)19-6-7-24-9-14(19)16(22)23/h2-5,13-14H,6-9H2,1H3,(H,18,20)(H,22,23). The third-order valence-corrected chi connectivity index (χ3v) is 4.29. The molecule has 1 heterocycles. The van der Waals surface area contributed by atoms with Crippen LogP contribution in [0.5, 0.6) is 0 Å². The van der Waals surface area contributed by atoms with Crippen molar-refractivity contribution in [2.24, 2.45) is 0 Å². The molecular formula is C16H19BrN2O5. The molecule has 0 radical (unpaired) electrons.